The van der Waals surface area contributed by atoms with Gasteiger partial charge in [-0.05, 0) is 34.7 Å². The smallest absolute Gasteiger partial charge is 0.244 e. The molecule has 0 fully saturated rings. The Balaban J connectivity index is 1.73. The Morgan fingerprint density at radius 2 is 2.00 bits per heavy atom. The quantitative estimate of drug-likeness (QED) is 0.725. The van der Waals surface area contributed by atoms with E-state index in [2.05, 4.69) is 15.5 Å². The second-order valence-corrected chi connectivity index (χ2v) is 4.35. The first kappa shape index (κ1) is 14.8. The number of hydrogen-bond acceptors (Lipinski definition) is 6. The summed E-state index contributed by atoms with van der Waals surface area (Å²) in [5, 5.41) is 10.6. The summed E-state index contributed by atoms with van der Waals surface area (Å²) in [4.78, 5) is 13.4. The van der Waals surface area contributed by atoms with Crippen LogP contribution in [0.2, 0.25) is 0 Å². The molecule has 0 atom stereocenters. The minimum absolute atomic E-state index is 0.0827. The Labute approximate surface area is 122 Å². The molecule has 8 heteroatoms. The van der Waals surface area contributed by atoms with Crippen LogP contribution in [0.1, 0.15) is 0 Å². The lowest BCUT2D eigenvalue weighted by molar-refractivity contribution is -0.131. The van der Waals surface area contributed by atoms with E-state index in [-0.39, 0.29) is 12.5 Å². The van der Waals surface area contributed by atoms with Gasteiger partial charge in [0.25, 0.3) is 0 Å². The summed E-state index contributed by atoms with van der Waals surface area (Å²) in [6, 6.07) is 7.29. The molecular formula is C13H17N5O3. The molecule has 0 aliphatic heterocycles. The van der Waals surface area contributed by atoms with Gasteiger partial charge < -0.3 is 14.4 Å². The molecule has 1 heterocycles. The molecule has 0 aliphatic carbocycles. The maximum Gasteiger partial charge on any atom is 0.244 e. The van der Waals surface area contributed by atoms with E-state index in [1.165, 1.54) is 11.0 Å². The van der Waals surface area contributed by atoms with Crippen LogP contribution < -0.4 is 9.47 Å². The fourth-order valence-electron chi connectivity index (χ4n) is 1.61. The van der Waals surface area contributed by atoms with Crippen molar-refractivity contribution in [3.63, 3.8) is 0 Å². The van der Waals surface area contributed by atoms with Crippen molar-refractivity contribution in [2.75, 3.05) is 27.3 Å². The van der Waals surface area contributed by atoms with Gasteiger partial charge in [0.15, 0.2) is 0 Å². The zero-order valence-electron chi connectivity index (χ0n) is 12.0. The molecule has 1 amide bonds. The van der Waals surface area contributed by atoms with Crippen molar-refractivity contribution < 1.29 is 14.3 Å². The maximum absolute atomic E-state index is 11.9. The Bertz CT molecular complexity index is 556. The van der Waals surface area contributed by atoms with E-state index in [1.807, 2.05) is 24.3 Å². The number of methoxy groups -OCH3 is 1. The summed E-state index contributed by atoms with van der Waals surface area (Å²) >= 11 is 0. The number of benzene rings is 1. The number of amides is 1. The number of tetrazole rings is 1. The number of ether oxygens (including phenoxy) is 2. The Hall–Kier alpha value is -2.64. The van der Waals surface area contributed by atoms with E-state index in [0.29, 0.717) is 13.2 Å². The predicted molar refractivity (Wildman–Crippen MR) is 73.9 cm³/mol. The van der Waals surface area contributed by atoms with E-state index in [1.54, 1.807) is 19.1 Å². The van der Waals surface area contributed by atoms with Crippen molar-refractivity contribution in [3.05, 3.63) is 30.6 Å². The molecule has 0 saturated carbocycles. The normalized spacial score (nSPS) is 10.2. The Kier molecular flexibility index (Phi) is 5.08. The molecule has 1 aromatic heterocycles. The molecule has 0 unspecified atom stereocenters. The summed E-state index contributed by atoms with van der Waals surface area (Å²) < 4.78 is 12.0. The number of rotatable bonds is 7. The average Bonchev–Trinajstić information content (AvgIpc) is 3.00. The van der Waals surface area contributed by atoms with Gasteiger partial charge in [0.1, 0.15) is 31.0 Å². The highest BCUT2D eigenvalue weighted by Gasteiger charge is 2.10. The van der Waals surface area contributed by atoms with E-state index in [4.69, 9.17) is 9.47 Å². The number of hydrogen-bond donors (Lipinski definition) is 0. The van der Waals surface area contributed by atoms with Crippen molar-refractivity contribution in [1.82, 2.24) is 25.1 Å². The summed E-state index contributed by atoms with van der Waals surface area (Å²) in [5.74, 6) is 1.42. The third-order valence-electron chi connectivity index (χ3n) is 2.87. The van der Waals surface area contributed by atoms with Gasteiger partial charge in [-0.3, -0.25) is 4.79 Å². The molecule has 112 valence electrons. The molecule has 1 aromatic carbocycles. The van der Waals surface area contributed by atoms with Crippen LogP contribution in [0.4, 0.5) is 0 Å². The van der Waals surface area contributed by atoms with E-state index < -0.39 is 0 Å². The van der Waals surface area contributed by atoms with E-state index in [0.717, 1.165) is 11.5 Å². The minimum Gasteiger partial charge on any atom is -0.497 e. The maximum atomic E-state index is 11.9. The first-order valence-electron chi connectivity index (χ1n) is 6.40. The zero-order chi connectivity index (χ0) is 15.1. The first-order valence-corrected chi connectivity index (χ1v) is 6.40. The highest BCUT2D eigenvalue weighted by atomic mass is 16.5. The fraction of sp³-hybridized carbons (Fsp3) is 0.385. The molecule has 21 heavy (non-hydrogen) atoms. The topological polar surface area (TPSA) is 82.4 Å². The number of nitrogens with zero attached hydrogens (tertiary/aromatic N) is 5. The van der Waals surface area contributed by atoms with Gasteiger partial charge in [-0.1, -0.05) is 0 Å². The zero-order valence-corrected chi connectivity index (χ0v) is 12.0. The standard InChI is InChI=1S/C13H17N5O3/c1-17(13(19)9-18-10-14-15-16-18)7-8-21-12-5-3-11(20-2)4-6-12/h3-6,10H,7-9H2,1-2H3. The molecule has 0 spiro atoms. The lowest BCUT2D eigenvalue weighted by Crippen LogP contribution is -2.33. The van der Waals surface area contributed by atoms with Crippen LogP contribution in [0.15, 0.2) is 30.6 Å². The van der Waals surface area contributed by atoms with Gasteiger partial charge in [0.2, 0.25) is 5.91 Å². The van der Waals surface area contributed by atoms with E-state index >= 15 is 0 Å². The molecule has 2 rings (SSSR count). The second kappa shape index (κ2) is 7.22. The average molecular weight is 291 g/mol. The third-order valence-corrected chi connectivity index (χ3v) is 2.87. The fourth-order valence-corrected chi connectivity index (χ4v) is 1.61. The molecule has 0 radical (unpaired) electrons. The van der Waals surface area contributed by atoms with Crippen molar-refractivity contribution in [3.8, 4) is 11.5 Å². The molecule has 2 aromatic rings. The summed E-state index contributed by atoms with van der Waals surface area (Å²) in [6.07, 6.45) is 1.40. The van der Waals surface area contributed by atoms with Crippen molar-refractivity contribution in [2.45, 2.75) is 6.54 Å². The summed E-state index contributed by atoms with van der Waals surface area (Å²) in [7, 11) is 3.32. The first-order chi connectivity index (χ1) is 10.2. The predicted octanol–water partition coefficient (Wildman–Crippen LogP) is 0.219. The van der Waals surface area contributed by atoms with Crippen LogP contribution in [0, 0.1) is 0 Å². The van der Waals surface area contributed by atoms with Crippen LogP contribution in [-0.2, 0) is 11.3 Å². The molecule has 8 nitrogen and oxygen atoms in total. The number of likely N-dealkylation sites (N-methyl/N-ethyl adjacent to an activating group) is 1. The van der Waals surface area contributed by atoms with Crippen molar-refractivity contribution in [1.29, 1.82) is 0 Å². The minimum atomic E-state index is -0.0827. The summed E-state index contributed by atoms with van der Waals surface area (Å²) in [5.41, 5.74) is 0. The molecule has 0 bridgehead atoms. The van der Waals surface area contributed by atoms with Gasteiger partial charge in [-0.15, -0.1) is 5.10 Å². The molecular weight excluding hydrogens is 274 g/mol. The van der Waals surface area contributed by atoms with Crippen LogP contribution in [-0.4, -0.2) is 58.3 Å². The lowest BCUT2D eigenvalue weighted by Gasteiger charge is -2.17. The van der Waals surface area contributed by atoms with Crippen LogP contribution in [0.25, 0.3) is 0 Å². The van der Waals surface area contributed by atoms with Gasteiger partial charge in [0.05, 0.1) is 13.7 Å². The van der Waals surface area contributed by atoms with Crippen LogP contribution in [0.5, 0.6) is 11.5 Å². The monoisotopic (exact) mass is 291 g/mol. The lowest BCUT2D eigenvalue weighted by atomic mass is 10.3. The van der Waals surface area contributed by atoms with Gasteiger partial charge in [-0.25, -0.2) is 4.68 Å². The Morgan fingerprint density at radius 3 is 2.62 bits per heavy atom. The third kappa shape index (κ3) is 4.44. The number of aromatic nitrogens is 4. The molecule has 0 saturated heterocycles. The summed E-state index contributed by atoms with van der Waals surface area (Å²) in [6.45, 7) is 1.00. The highest BCUT2D eigenvalue weighted by Crippen LogP contribution is 2.16. The SMILES string of the molecule is COc1ccc(OCCN(C)C(=O)Cn2cnnn2)cc1. The van der Waals surface area contributed by atoms with Crippen molar-refractivity contribution in [2.24, 2.45) is 0 Å². The largest absolute Gasteiger partial charge is 0.497 e. The van der Waals surface area contributed by atoms with Gasteiger partial charge >= 0.3 is 0 Å². The van der Waals surface area contributed by atoms with Gasteiger partial charge in [0, 0.05) is 7.05 Å². The van der Waals surface area contributed by atoms with E-state index in [9.17, 15) is 4.79 Å². The number of carbonyl (C=O) groups is 1. The van der Waals surface area contributed by atoms with Crippen LogP contribution in [0.3, 0.4) is 0 Å². The molecule has 0 N–H and O–H groups in total. The molecule has 0 aliphatic rings. The highest BCUT2D eigenvalue weighted by molar-refractivity contribution is 5.75. The van der Waals surface area contributed by atoms with Gasteiger partial charge in [-0.2, -0.15) is 0 Å². The Morgan fingerprint density at radius 1 is 1.29 bits per heavy atom. The van der Waals surface area contributed by atoms with Crippen molar-refractivity contribution >= 4 is 5.91 Å². The number of carbonyl (C=O) groups excluding carboxylic acids is 1. The second-order valence-electron chi connectivity index (χ2n) is 4.35. The van der Waals surface area contributed by atoms with Crippen LogP contribution >= 0.6 is 0 Å².